The molecule has 0 unspecified atom stereocenters. The summed E-state index contributed by atoms with van der Waals surface area (Å²) in [5.74, 6) is 1.03. The van der Waals surface area contributed by atoms with Crippen molar-refractivity contribution in [2.45, 2.75) is 43.6 Å². The molecule has 2 aliphatic heterocycles. The van der Waals surface area contributed by atoms with Crippen molar-refractivity contribution in [3.63, 3.8) is 0 Å². The van der Waals surface area contributed by atoms with E-state index in [1.165, 1.54) is 0 Å². The highest BCUT2D eigenvalue weighted by Gasteiger charge is 2.46. The van der Waals surface area contributed by atoms with Gasteiger partial charge in [0.1, 0.15) is 23.7 Å². The number of carbonyl (C=O) groups is 1. The number of para-hydroxylation sites is 1. The van der Waals surface area contributed by atoms with E-state index in [0.29, 0.717) is 30.2 Å². The number of rotatable bonds is 8. The lowest BCUT2D eigenvalue weighted by Gasteiger charge is -2.37. The molecule has 9 nitrogen and oxygen atoms in total. The molecule has 0 bridgehead atoms. The number of fused-ring (bicyclic) bond motifs is 3. The molecule has 2 heterocycles. The predicted octanol–water partition coefficient (Wildman–Crippen LogP) is 1.77. The Balaban J connectivity index is 1.44. The second-order valence-corrected chi connectivity index (χ2v) is 10.1. The molecule has 4 rings (SSSR count). The van der Waals surface area contributed by atoms with Gasteiger partial charge in [0.2, 0.25) is 15.9 Å². The lowest BCUT2D eigenvalue weighted by Crippen LogP contribution is -2.47. The Kier molecular flexibility index (Phi) is 6.78. The van der Waals surface area contributed by atoms with Crippen LogP contribution in [0.1, 0.15) is 29.9 Å². The lowest BCUT2D eigenvalue weighted by atomic mass is 9.84. The van der Waals surface area contributed by atoms with Crippen molar-refractivity contribution >= 4 is 21.6 Å². The van der Waals surface area contributed by atoms with E-state index in [1.54, 1.807) is 25.3 Å². The summed E-state index contributed by atoms with van der Waals surface area (Å²) in [6, 6.07) is 12.6. The van der Waals surface area contributed by atoms with Crippen LogP contribution in [0.15, 0.2) is 42.5 Å². The van der Waals surface area contributed by atoms with Gasteiger partial charge in [-0.3, -0.25) is 9.52 Å². The Hall–Kier alpha value is -2.82. The van der Waals surface area contributed by atoms with Crippen molar-refractivity contribution in [3.05, 3.63) is 53.6 Å². The van der Waals surface area contributed by atoms with Gasteiger partial charge in [-0.15, -0.1) is 0 Å². The maximum atomic E-state index is 12.6. The first-order valence-corrected chi connectivity index (χ1v) is 12.6. The predicted molar refractivity (Wildman–Crippen MR) is 122 cm³/mol. The first-order valence-electron chi connectivity index (χ1n) is 10.7. The summed E-state index contributed by atoms with van der Waals surface area (Å²) < 4.78 is 43.0. The number of sulfonamides is 1. The van der Waals surface area contributed by atoms with Gasteiger partial charge in [0.15, 0.2) is 0 Å². The van der Waals surface area contributed by atoms with E-state index in [2.05, 4.69) is 10.0 Å². The molecule has 2 aliphatic rings. The van der Waals surface area contributed by atoms with Crippen LogP contribution in [-0.4, -0.2) is 57.7 Å². The third-order valence-corrected chi connectivity index (χ3v) is 6.49. The Morgan fingerprint density at radius 3 is 2.76 bits per heavy atom. The first kappa shape index (κ1) is 23.3. The zero-order chi connectivity index (χ0) is 23.6. The number of carbonyl (C=O) groups excluding carboxylic acids is 1. The smallest absolute Gasteiger partial charge is 0.229 e. The topological polar surface area (TPSA) is 123 Å². The number of aliphatic hydroxyl groups excluding tert-OH is 1. The minimum absolute atomic E-state index is 0.126. The van der Waals surface area contributed by atoms with Crippen LogP contribution >= 0.6 is 0 Å². The van der Waals surface area contributed by atoms with Crippen molar-refractivity contribution in [3.8, 4) is 11.5 Å². The summed E-state index contributed by atoms with van der Waals surface area (Å²) in [5.41, 5.74) is 2.16. The van der Waals surface area contributed by atoms with Gasteiger partial charge in [-0.05, 0) is 30.7 Å². The van der Waals surface area contributed by atoms with E-state index in [4.69, 9.17) is 14.2 Å². The molecule has 33 heavy (non-hydrogen) atoms. The highest BCUT2D eigenvalue weighted by Crippen LogP contribution is 2.47. The van der Waals surface area contributed by atoms with Gasteiger partial charge in [-0.1, -0.05) is 18.2 Å². The fraction of sp³-hybridized carbons (Fsp3) is 0.435. The number of amides is 1. The molecular weight excluding hydrogens is 448 g/mol. The molecule has 4 atom stereocenters. The summed E-state index contributed by atoms with van der Waals surface area (Å²) in [6.07, 6.45) is 0.336. The second kappa shape index (κ2) is 9.58. The van der Waals surface area contributed by atoms with E-state index in [1.807, 2.05) is 24.3 Å². The number of methoxy groups -OCH3 is 1. The van der Waals surface area contributed by atoms with Crippen LogP contribution in [0.4, 0.5) is 5.69 Å². The molecule has 0 aromatic heterocycles. The SMILES string of the molecule is COc1ccccc1CNC(=O)C[C@@H]1C[C@@H]2c3cc(NS(C)(=O)=O)ccc3O[C@@H]2[C@@H](CO)O1. The number of anilines is 1. The number of nitrogens with one attached hydrogen (secondary N) is 2. The maximum Gasteiger partial charge on any atom is 0.229 e. The van der Waals surface area contributed by atoms with Crippen molar-refractivity contribution in [2.24, 2.45) is 0 Å². The Morgan fingerprint density at radius 2 is 2.03 bits per heavy atom. The molecule has 0 spiro atoms. The Labute approximate surface area is 193 Å². The third kappa shape index (κ3) is 5.40. The molecular formula is C23H28N2O7S. The van der Waals surface area contributed by atoms with Crippen LogP contribution in [0.5, 0.6) is 11.5 Å². The molecule has 3 N–H and O–H groups in total. The highest BCUT2D eigenvalue weighted by molar-refractivity contribution is 7.92. The van der Waals surface area contributed by atoms with Crippen molar-refractivity contribution in [1.29, 1.82) is 0 Å². The summed E-state index contributed by atoms with van der Waals surface area (Å²) in [4.78, 5) is 12.6. The molecule has 0 aliphatic carbocycles. The Bertz CT molecular complexity index is 1120. The summed E-state index contributed by atoms with van der Waals surface area (Å²) in [7, 11) is -1.83. The van der Waals surface area contributed by atoms with Crippen molar-refractivity contribution in [2.75, 3.05) is 24.7 Å². The molecule has 1 saturated heterocycles. The van der Waals surface area contributed by atoms with Gasteiger partial charge in [0.05, 0.1) is 32.5 Å². The second-order valence-electron chi connectivity index (χ2n) is 8.32. The van der Waals surface area contributed by atoms with Crippen LogP contribution in [0.25, 0.3) is 0 Å². The van der Waals surface area contributed by atoms with Gasteiger partial charge in [0, 0.05) is 29.3 Å². The largest absolute Gasteiger partial charge is 0.496 e. The molecule has 1 amide bonds. The van der Waals surface area contributed by atoms with E-state index in [-0.39, 0.29) is 24.9 Å². The van der Waals surface area contributed by atoms with Crippen molar-refractivity contribution in [1.82, 2.24) is 5.32 Å². The van der Waals surface area contributed by atoms with Gasteiger partial charge in [0.25, 0.3) is 0 Å². The molecule has 0 radical (unpaired) electrons. The number of aliphatic hydroxyl groups is 1. The van der Waals surface area contributed by atoms with Gasteiger partial charge in [-0.25, -0.2) is 8.42 Å². The number of ether oxygens (including phenoxy) is 3. The van der Waals surface area contributed by atoms with Crippen LogP contribution < -0.4 is 19.5 Å². The van der Waals surface area contributed by atoms with E-state index in [0.717, 1.165) is 17.4 Å². The zero-order valence-corrected chi connectivity index (χ0v) is 19.3. The monoisotopic (exact) mass is 476 g/mol. The minimum atomic E-state index is -3.42. The van der Waals surface area contributed by atoms with Crippen LogP contribution in [0.2, 0.25) is 0 Å². The summed E-state index contributed by atoms with van der Waals surface area (Å²) in [6.45, 7) is 0.0838. The van der Waals surface area contributed by atoms with Gasteiger partial charge < -0.3 is 24.6 Å². The standard InChI is InChI=1S/C23H28N2O7S/c1-30-19-6-4-3-5-14(19)12-24-22(27)11-16-10-18-17-9-15(25-33(2,28)29)7-8-20(17)32-23(18)21(13-26)31-16/h3-9,16,18,21,23,25-26H,10-13H2,1-2H3,(H,24,27)/t16-,18+,21+,23-/m0/s1. The summed E-state index contributed by atoms with van der Waals surface area (Å²) >= 11 is 0. The summed E-state index contributed by atoms with van der Waals surface area (Å²) in [5, 5.41) is 12.8. The van der Waals surface area contributed by atoms with E-state index < -0.39 is 28.3 Å². The molecule has 1 fully saturated rings. The average molecular weight is 477 g/mol. The average Bonchev–Trinajstić information content (AvgIpc) is 3.14. The highest BCUT2D eigenvalue weighted by atomic mass is 32.2. The fourth-order valence-electron chi connectivity index (χ4n) is 4.49. The minimum Gasteiger partial charge on any atom is -0.496 e. The first-order chi connectivity index (χ1) is 15.8. The van der Waals surface area contributed by atoms with E-state index in [9.17, 15) is 18.3 Å². The fourth-order valence-corrected chi connectivity index (χ4v) is 5.04. The van der Waals surface area contributed by atoms with Gasteiger partial charge in [-0.2, -0.15) is 0 Å². The van der Waals surface area contributed by atoms with Crippen LogP contribution in [-0.2, 0) is 26.1 Å². The third-order valence-electron chi connectivity index (χ3n) is 5.88. The molecule has 0 saturated carbocycles. The normalized spacial score (nSPS) is 23.7. The molecule has 178 valence electrons. The maximum absolute atomic E-state index is 12.6. The van der Waals surface area contributed by atoms with Crippen molar-refractivity contribution < 1.29 is 32.5 Å². The molecule has 2 aromatic rings. The number of hydrogen-bond donors (Lipinski definition) is 3. The quantitative estimate of drug-likeness (QED) is 0.531. The van der Waals surface area contributed by atoms with Gasteiger partial charge >= 0.3 is 0 Å². The zero-order valence-electron chi connectivity index (χ0n) is 18.5. The van der Waals surface area contributed by atoms with Crippen LogP contribution in [0, 0.1) is 0 Å². The molecule has 10 heteroatoms. The number of benzene rings is 2. The lowest BCUT2D eigenvalue weighted by molar-refractivity contribution is -0.142. The molecule has 2 aromatic carbocycles. The Morgan fingerprint density at radius 1 is 1.24 bits per heavy atom. The van der Waals surface area contributed by atoms with Crippen LogP contribution in [0.3, 0.4) is 0 Å². The van der Waals surface area contributed by atoms with E-state index >= 15 is 0 Å². The number of hydrogen-bond acceptors (Lipinski definition) is 7.